The molecule has 0 heterocycles. The summed E-state index contributed by atoms with van der Waals surface area (Å²) in [5, 5.41) is 9.13. The van der Waals surface area contributed by atoms with Crippen LogP contribution < -0.4 is 0 Å². The Morgan fingerprint density at radius 3 is 2.43 bits per heavy atom. The van der Waals surface area contributed by atoms with Gasteiger partial charge in [0.1, 0.15) is 0 Å². The maximum atomic E-state index is 12.5. The predicted octanol–water partition coefficient (Wildman–Crippen LogP) is 2.98. The lowest BCUT2D eigenvalue weighted by Gasteiger charge is -2.10. The van der Waals surface area contributed by atoms with Crippen molar-refractivity contribution >= 4 is 15.8 Å². The first-order valence-corrected chi connectivity index (χ1v) is 8.08. The topological polar surface area (TPSA) is 71.4 Å². The third-order valence-electron chi connectivity index (χ3n) is 3.30. The average Bonchev–Trinajstić information content (AvgIpc) is 2.42. The van der Waals surface area contributed by atoms with Gasteiger partial charge in [-0.1, -0.05) is 35.9 Å². The van der Waals surface area contributed by atoms with Crippen molar-refractivity contribution in [2.24, 2.45) is 0 Å². The highest BCUT2D eigenvalue weighted by Gasteiger charge is 2.22. The van der Waals surface area contributed by atoms with Gasteiger partial charge in [0, 0.05) is 0 Å². The number of aryl methyl sites for hydroxylation is 2. The van der Waals surface area contributed by atoms with E-state index in [1.54, 1.807) is 0 Å². The first kappa shape index (κ1) is 15.3. The minimum Gasteiger partial charge on any atom is -0.478 e. The van der Waals surface area contributed by atoms with Gasteiger partial charge in [0.25, 0.3) is 0 Å². The molecule has 5 heteroatoms. The number of rotatable bonds is 4. The monoisotopic (exact) mass is 304 g/mol. The molecule has 0 unspecified atom stereocenters. The van der Waals surface area contributed by atoms with Crippen LogP contribution in [0.2, 0.25) is 0 Å². The number of hydrogen-bond donors (Lipinski definition) is 1. The second kappa shape index (κ2) is 5.69. The molecular formula is C16H16O4S. The van der Waals surface area contributed by atoms with E-state index in [9.17, 15) is 13.2 Å². The number of aromatic carboxylic acids is 1. The van der Waals surface area contributed by atoms with Gasteiger partial charge in [0.15, 0.2) is 9.84 Å². The highest BCUT2D eigenvalue weighted by atomic mass is 32.2. The van der Waals surface area contributed by atoms with Gasteiger partial charge in [-0.2, -0.15) is 0 Å². The Bertz CT molecular complexity index is 792. The van der Waals surface area contributed by atoms with E-state index in [1.807, 2.05) is 32.0 Å². The zero-order valence-electron chi connectivity index (χ0n) is 11.8. The molecule has 0 atom stereocenters. The number of carboxylic acid groups (broad SMARTS) is 1. The Kier molecular flexibility index (Phi) is 4.14. The smallest absolute Gasteiger partial charge is 0.337 e. The molecule has 0 aliphatic heterocycles. The predicted molar refractivity (Wildman–Crippen MR) is 80.2 cm³/mol. The lowest BCUT2D eigenvalue weighted by molar-refractivity contribution is 0.0692. The molecule has 0 amide bonds. The first-order chi connectivity index (χ1) is 9.81. The zero-order chi connectivity index (χ0) is 15.6. The van der Waals surface area contributed by atoms with Crippen LogP contribution in [0.5, 0.6) is 0 Å². The van der Waals surface area contributed by atoms with E-state index in [1.165, 1.54) is 24.3 Å². The van der Waals surface area contributed by atoms with Crippen LogP contribution >= 0.6 is 0 Å². The molecule has 2 rings (SSSR count). The van der Waals surface area contributed by atoms with Gasteiger partial charge in [-0.15, -0.1) is 0 Å². The third-order valence-corrected chi connectivity index (χ3v) is 5.02. The molecule has 1 N–H and O–H groups in total. The van der Waals surface area contributed by atoms with Crippen molar-refractivity contribution in [1.29, 1.82) is 0 Å². The lowest BCUT2D eigenvalue weighted by Crippen LogP contribution is -2.11. The third kappa shape index (κ3) is 3.31. The van der Waals surface area contributed by atoms with Gasteiger partial charge in [-0.25, -0.2) is 13.2 Å². The standard InChI is InChI=1S/C16H16O4S/c1-11-7-8-12(2)13(9-11)10-21(19,20)15-6-4-3-5-14(15)16(17)18/h3-9H,10H2,1-2H3,(H,17,18). The van der Waals surface area contributed by atoms with Crippen molar-refractivity contribution in [3.05, 3.63) is 64.7 Å². The SMILES string of the molecule is Cc1ccc(C)c(CS(=O)(=O)c2ccccc2C(=O)O)c1. The van der Waals surface area contributed by atoms with E-state index in [-0.39, 0.29) is 16.2 Å². The minimum absolute atomic E-state index is 0.140. The van der Waals surface area contributed by atoms with Crippen molar-refractivity contribution in [3.8, 4) is 0 Å². The van der Waals surface area contributed by atoms with Crippen LogP contribution in [0.4, 0.5) is 0 Å². The first-order valence-electron chi connectivity index (χ1n) is 6.42. The summed E-state index contributed by atoms with van der Waals surface area (Å²) in [6.45, 7) is 3.73. The van der Waals surface area contributed by atoms with Gasteiger partial charge >= 0.3 is 5.97 Å². The van der Waals surface area contributed by atoms with Crippen molar-refractivity contribution in [3.63, 3.8) is 0 Å². The molecule has 2 aromatic carbocycles. The van der Waals surface area contributed by atoms with Crippen molar-refractivity contribution in [2.45, 2.75) is 24.5 Å². The molecule has 0 aliphatic rings. The summed E-state index contributed by atoms with van der Waals surface area (Å²) >= 11 is 0. The molecule has 0 bridgehead atoms. The van der Waals surface area contributed by atoms with E-state index in [0.29, 0.717) is 5.56 Å². The highest BCUT2D eigenvalue weighted by molar-refractivity contribution is 7.90. The zero-order valence-corrected chi connectivity index (χ0v) is 12.6. The van der Waals surface area contributed by atoms with Crippen LogP contribution in [0, 0.1) is 13.8 Å². The molecule has 21 heavy (non-hydrogen) atoms. The molecule has 0 radical (unpaired) electrons. The molecule has 4 nitrogen and oxygen atoms in total. The summed E-state index contributed by atoms with van der Waals surface area (Å²) in [6.07, 6.45) is 0. The van der Waals surface area contributed by atoms with E-state index >= 15 is 0 Å². The maximum absolute atomic E-state index is 12.5. The molecule has 0 saturated carbocycles. The molecule has 0 fully saturated rings. The van der Waals surface area contributed by atoms with Gasteiger partial charge in [-0.05, 0) is 37.1 Å². The van der Waals surface area contributed by atoms with E-state index in [2.05, 4.69) is 0 Å². The van der Waals surface area contributed by atoms with Crippen LogP contribution in [-0.2, 0) is 15.6 Å². The largest absolute Gasteiger partial charge is 0.478 e. The molecule has 0 spiro atoms. The molecular weight excluding hydrogens is 288 g/mol. The summed E-state index contributed by atoms with van der Waals surface area (Å²) in [6, 6.07) is 11.3. The quantitative estimate of drug-likeness (QED) is 0.942. The van der Waals surface area contributed by atoms with Crippen molar-refractivity contribution in [1.82, 2.24) is 0 Å². The summed E-state index contributed by atoms with van der Waals surface area (Å²) in [5.74, 6) is -1.44. The number of carbonyl (C=O) groups is 1. The van der Waals surface area contributed by atoms with Crippen LogP contribution in [0.15, 0.2) is 47.4 Å². The van der Waals surface area contributed by atoms with Gasteiger partial charge in [0.2, 0.25) is 0 Å². The summed E-state index contributed by atoms with van der Waals surface area (Å²) in [4.78, 5) is 11.0. The number of carboxylic acids is 1. The van der Waals surface area contributed by atoms with Crippen LogP contribution in [-0.4, -0.2) is 19.5 Å². The summed E-state index contributed by atoms with van der Waals surface area (Å²) in [5.41, 5.74) is 2.34. The molecule has 0 aliphatic carbocycles. The Labute approximate surface area is 124 Å². The van der Waals surface area contributed by atoms with Gasteiger partial charge in [-0.3, -0.25) is 0 Å². The number of benzene rings is 2. The second-order valence-corrected chi connectivity index (χ2v) is 6.95. The molecule has 2 aromatic rings. The maximum Gasteiger partial charge on any atom is 0.337 e. The van der Waals surface area contributed by atoms with Crippen LogP contribution in [0.25, 0.3) is 0 Å². The summed E-state index contributed by atoms with van der Waals surface area (Å²) < 4.78 is 25.1. The van der Waals surface area contributed by atoms with E-state index < -0.39 is 15.8 Å². The van der Waals surface area contributed by atoms with Gasteiger partial charge in [0.05, 0.1) is 16.2 Å². The van der Waals surface area contributed by atoms with E-state index in [0.717, 1.165) is 11.1 Å². The number of sulfone groups is 1. The van der Waals surface area contributed by atoms with E-state index in [4.69, 9.17) is 5.11 Å². The number of hydrogen-bond acceptors (Lipinski definition) is 3. The average molecular weight is 304 g/mol. The van der Waals surface area contributed by atoms with Gasteiger partial charge < -0.3 is 5.11 Å². The summed E-state index contributed by atoms with van der Waals surface area (Å²) in [7, 11) is -3.71. The Balaban J connectivity index is 2.49. The van der Waals surface area contributed by atoms with Crippen molar-refractivity contribution in [2.75, 3.05) is 0 Å². The lowest BCUT2D eigenvalue weighted by atomic mass is 10.1. The molecule has 0 aromatic heterocycles. The fraction of sp³-hybridized carbons (Fsp3) is 0.188. The molecule has 110 valence electrons. The minimum atomic E-state index is -3.71. The molecule has 0 saturated heterocycles. The second-order valence-electron chi connectivity index (χ2n) is 4.99. The highest BCUT2D eigenvalue weighted by Crippen LogP contribution is 2.22. The normalized spacial score (nSPS) is 11.3. The fourth-order valence-corrected chi connectivity index (χ4v) is 3.81. The van der Waals surface area contributed by atoms with Crippen LogP contribution in [0.1, 0.15) is 27.0 Å². The Hall–Kier alpha value is -2.14. The Morgan fingerprint density at radius 2 is 1.76 bits per heavy atom. The Morgan fingerprint density at radius 1 is 1.10 bits per heavy atom. The fourth-order valence-electron chi connectivity index (χ4n) is 2.15. The van der Waals surface area contributed by atoms with Crippen molar-refractivity contribution < 1.29 is 18.3 Å². The van der Waals surface area contributed by atoms with Crippen LogP contribution in [0.3, 0.4) is 0 Å².